The van der Waals surface area contributed by atoms with Gasteiger partial charge in [0.2, 0.25) is 11.1 Å². The molecule has 0 atom stereocenters. The van der Waals surface area contributed by atoms with Crippen LogP contribution in [-0.2, 0) is 25.7 Å². The van der Waals surface area contributed by atoms with Crippen molar-refractivity contribution >= 4 is 29.6 Å². The first kappa shape index (κ1) is 16.9. The second-order valence-corrected chi connectivity index (χ2v) is 4.77. The molecule has 0 aliphatic heterocycles. The molecule has 10 nitrogen and oxygen atoms in total. The third-order valence-electron chi connectivity index (χ3n) is 2.23. The number of methoxy groups -OCH3 is 1. The lowest BCUT2D eigenvalue weighted by atomic mass is 10.3. The molecule has 0 radical (unpaired) electrons. The maximum atomic E-state index is 11.5. The Hall–Kier alpha value is -2.17. The maximum absolute atomic E-state index is 11.5. The highest BCUT2D eigenvalue weighted by atomic mass is 32.2. The van der Waals surface area contributed by atoms with Gasteiger partial charge in [-0.05, 0) is 16.8 Å². The van der Waals surface area contributed by atoms with Crippen molar-refractivity contribution in [3.63, 3.8) is 0 Å². The summed E-state index contributed by atoms with van der Waals surface area (Å²) in [6.45, 7) is 0.158. The van der Waals surface area contributed by atoms with Crippen molar-refractivity contribution < 1.29 is 24.2 Å². The zero-order valence-corrected chi connectivity index (χ0v) is 12.1. The monoisotopic (exact) mass is 317 g/mol. The van der Waals surface area contributed by atoms with E-state index in [2.05, 4.69) is 25.6 Å². The molecule has 0 aliphatic rings. The number of tetrazole rings is 1. The van der Waals surface area contributed by atoms with E-state index in [1.807, 2.05) is 0 Å². The summed E-state index contributed by atoms with van der Waals surface area (Å²) in [6, 6.07) is 0. The number of carboxylic acids is 1. The molecule has 0 unspecified atom stereocenters. The number of hydrogen-bond donors (Lipinski definition) is 2. The SMILES string of the molecule is COC(=O)Cn1nnnc1SCC(=O)NCCCC(=O)O. The van der Waals surface area contributed by atoms with Crippen LogP contribution >= 0.6 is 11.8 Å². The number of aromatic nitrogens is 4. The number of aliphatic carboxylic acids is 1. The van der Waals surface area contributed by atoms with E-state index in [9.17, 15) is 14.4 Å². The Morgan fingerprint density at radius 3 is 2.86 bits per heavy atom. The fourth-order valence-electron chi connectivity index (χ4n) is 1.23. The Labute approximate surface area is 124 Å². The van der Waals surface area contributed by atoms with Gasteiger partial charge in [-0.3, -0.25) is 14.4 Å². The molecule has 1 aromatic rings. The highest BCUT2D eigenvalue weighted by molar-refractivity contribution is 7.99. The van der Waals surface area contributed by atoms with Crippen LogP contribution in [-0.4, -0.2) is 62.6 Å². The van der Waals surface area contributed by atoms with E-state index in [0.29, 0.717) is 18.1 Å². The second kappa shape index (κ2) is 8.89. The Morgan fingerprint density at radius 2 is 2.19 bits per heavy atom. The minimum atomic E-state index is -0.902. The van der Waals surface area contributed by atoms with Gasteiger partial charge in [0.15, 0.2) is 0 Å². The van der Waals surface area contributed by atoms with Gasteiger partial charge in [0.1, 0.15) is 6.54 Å². The summed E-state index contributed by atoms with van der Waals surface area (Å²) in [4.78, 5) is 32.9. The van der Waals surface area contributed by atoms with Gasteiger partial charge in [0.25, 0.3) is 0 Å². The highest BCUT2D eigenvalue weighted by Crippen LogP contribution is 2.12. The van der Waals surface area contributed by atoms with Crippen molar-refractivity contribution in [3.8, 4) is 0 Å². The number of ether oxygens (including phenoxy) is 1. The number of carboxylic acid groups (broad SMARTS) is 1. The van der Waals surface area contributed by atoms with Crippen molar-refractivity contribution in [1.82, 2.24) is 25.5 Å². The number of amides is 1. The number of carbonyl (C=O) groups is 3. The summed E-state index contributed by atoms with van der Waals surface area (Å²) in [5.74, 6) is -1.60. The molecule has 0 aliphatic carbocycles. The van der Waals surface area contributed by atoms with Crippen LogP contribution in [0.4, 0.5) is 0 Å². The van der Waals surface area contributed by atoms with Gasteiger partial charge in [-0.1, -0.05) is 11.8 Å². The summed E-state index contributed by atoms with van der Waals surface area (Å²) in [5, 5.41) is 22.1. The number of esters is 1. The summed E-state index contributed by atoms with van der Waals surface area (Å²) < 4.78 is 5.73. The number of nitrogens with zero attached hydrogens (tertiary/aromatic N) is 4. The Balaban J connectivity index is 2.31. The first-order chi connectivity index (χ1) is 10.0. The third kappa shape index (κ3) is 6.70. The van der Waals surface area contributed by atoms with Gasteiger partial charge in [0, 0.05) is 13.0 Å². The smallest absolute Gasteiger partial charge is 0.327 e. The fraction of sp³-hybridized carbons (Fsp3) is 0.600. The summed E-state index contributed by atoms with van der Waals surface area (Å²) in [7, 11) is 1.25. The molecule has 0 bridgehead atoms. The van der Waals surface area contributed by atoms with Gasteiger partial charge in [-0.15, -0.1) is 5.10 Å². The molecule has 21 heavy (non-hydrogen) atoms. The number of hydrogen-bond acceptors (Lipinski definition) is 8. The van der Waals surface area contributed by atoms with Crippen LogP contribution in [0, 0.1) is 0 Å². The largest absolute Gasteiger partial charge is 0.481 e. The van der Waals surface area contributed by atoms with Crippen molar-refractivity contribution in [3.05, 3.63) is 0 Å². The molecule has 1 heterocycles. The fourth-order valence-corrected chi connectivity index (χ4v) is 1.94. The average molecular weight is 317 g/mol. The zero-order valence-electron chi connectivity index (χ0n) is 11.3. The lowest BCUT2D eigenvalue weighted by Gasteiger charge is -2.04. The molecule has 1 amide bonds. The van der Waals surface area contributed by atoms with Crippen molar-refractivity contribution in [2.75, 3.05) is 19.4 Å². The number of thioether (sulfide) groups is 1. The predicted octanol–water partition coefficient (Wildman–Crippen LogP) is -1.08. The average Bonchev–Trinajstić information content (AvgIpc) is 2.88. The predicted molar refractivity (Wildman–Crippen MR) is 70.4 cm³/mol. The van der Waals surface area contributed by atoms with Crippen LogP contribution in [0.5, 0.6) is 0 Å². The van der Waals surface area contributed by atoms with E-state index >= 15 is 0 Å². The molecule has 0 spiro atoms. The van der Waals surface area contributed by atoms with Crippen molar-refractivity contribution in [1.29, 1.82) is 0 Å². The van der Waals surface area contributed by atoms with Gasteiger partial charge >= 0.3 is 11.9 Å². The van der Waals surface area contributed by atoms with Crippen LogP contribution in [0.15, 0.2) is 5.16 Å². The van der Waals surface area contributed by atoms with E-state index in [1.54, 1.807) is 0 Å². The third-order valence-corrected chi connectivity index (χ3v) is 3.18. The molecule has 0 saturated heterocycles. The lowest BCUT2D eigenvalue weighted by Crippen LogP contribution is -2.26. The Morgan fingerprint density at radius 1 is 1.43 bits per heavy atom. The first-order valence-corrected chi connectivity index (χ1v) is 6.95. The number of carbonyl (C=O) groups excluding carboxylic acids is 2. The van der Waals surface area contributed by atoms with E-state index in [4.69, 9.17) is 5.11 Å². The van der Waals surface area contributed by atoms with Crippen LogP contribution < -0.4 is 5.32 Å². The van der Waals surface area contributed by atoms with E-state index in [1.165, 1.54) is 11.8 Å². The normalized spacial score (nSPS) is 10.1. The summed E-state index contributed by atoms with van der Waals surface area (Å²) >= 11 is 1.07. The molecule has 2 N–H and O–H groups in total. The standard InChI is InChI=1S/C10H15N5O5S/c1-20-9(19)5-15-10(12-13-14-15)21-6-7(16)11-4-2-3-8(17)18/h2-6H2,1H3,(H,11,16)(H,17,18). The summed E-state index contributed by atoms with van der Waals surface area (Å²) in [5.41, 5.74) is 0. The molecule has 0 aromatic carbocycles. The van der Waals surface area contributed by atoms with E-state index < -0.39 is 11.9 Å². The van der Waals surface area contributed by atoms with Gasteiger partial charge < -0.3 is 15.2 Å². The Bertz CT molecular complexity index is 506. The quantitative estimate of drug-likeness (QED) is 0.331. The molecular formula is C10H15N5O5S. The molecule has 116 valence electrons. The van der Waals surface area contributed by atoms with Crippen LogP contribution in [0.3, 0.4) is 0 Å². The molecule has 0 fully saturated rings. The molecular weight excluding hydrogens is 302 g/mol. The van der Waals surface area contributed by atoms with Crippen LogP contribution in [0.2, 0.25) is 0 Å². The van der Waals surface area contributed by atoms with E-state index in [-0.39, 0.29) is 24.6 Å². The number of rotatable bonds is 9. The molecule has 1 rings (SSSR count). The van der Waals surface area contributed by atoms with Gasteiger partial charge in [-0.25, -0.2) is 4.68 Å². The molecule has 0 saturated carbocycles. The summed E-state index contributed by atoms with van der Waals surface area (Å²) in [6.07, 6.45) is 0.372. The maximum Gasteiger partial charge on any atom is 0.327 e. The Kier molecular flexibility index (Phi) is 7.15. The lowest BCUT2D eigenvalue weighted by molar-refractivity contribution is -0.141. The first-order valence-electron chi connectivity index (χ1n) is 5.97. The second-order valence-electron chi connectivity index (χ2n) is 3.83. The zero-order chi connectivity index (χ0) is 15.7. The molecule has 11 heteroatoms. The molecule has 1 aromatic heterocycles. The van der Waals surface area contributed by atoms with Gasteiger partial charge in [-0.2, -0.15) is 0 Å². The van der Waals surface area contributed by atoms with Gasteiger partial charge in [0.05, 0.1) is 12.9 Å². The highest BCUT2D eigenvalue weighted by Gasteiger charge is 2.12. The van der Waals surface area contributed by atoms with Crippen molar-refractivity contribution in [2.45, 2.75) is 24.5 Å². The topological polar surface area (TPSA) is 136 Å². The van der Waals surface area contributed by atoms with Crippen LogP contribution in [0.25, 0.3) is 0 Å². The minimum Gasteiger partial charge on any atom is -0.481 e. The minimum absolute atomic E-state index is 0.00476. The number of nitrogens with one attached hydrogen (secondary N) is 1. The van der Waals surface area contributed by atoms with Crippen molar-refractivity contribution in [2.24, 2.45) is 0 Å². The van der Waals surface area contributed by atoms with E-state index in [0.717, 1.165) is 11.8 Å². The van der Waals surface area contributed by atoms with Crippen LogP contribution in [0.1, 0.15) is 12.8 Å².